The van der Waals surface area contributed by atoms with E-state index < -0.39 is 0 Å². The molecular formula is C18H23ClN2O2. The van der Waals surface area contributed by atoms with E-state index >= 15 is 0 Å². The number of carbonyl (C=O) groups excluding carboxylic acids is 1. The monoisotopic (exact) mass is 334 g/mol. The van der Waals surface area contributed by atoms with Crippen LogP contribution in [0.1, 0.15) is 24.4 Å². The number of benzene rings is 2. The van der Waals surface area contributed by atoms with Gasteiger partial charge in [0.2, 0.25) is 5.91 Å². The van der Waals surface area contributed by atoms with Gasteiger partial charge in [-0.05, 0) is 35.2 Å². The molecule has 1 heterocycles. The van der Waals surface area contributed by atoms with E-state index in [1.54, 1.807) is 0 Å². The second-order valence-electron chi connectivity index (χ2n) is 5.79. The summed E-state index contributed by atoms with van der Waals surface area (Å²) in [5.41, 5.74) is 6.94. The number of ether oxygens (including phenoxy) is 1. The van der Waals surface area contributed by atoms with Crippen molar-refractivity contribution < 1.29 is 9.53 Å². The second-order valence-corrected chi connectivity index (χ2v) is 5.79. The van der Waals surface area contributed by atoms with Gasteiger partial charge in [0.25, 0.3) is 0 Å². The minimum atomic E-state index is -0.139. The van der Waals surface area contributed by atoms with Crippen LogP contribution in [0.3, 0.4) is 0 Å². The van der Waals surface area contributed by atoms with Crippen LogP contribution in [0.2, 0.25) is 0 Å². The summed E-state index contributed by atoms with van der Waals surface area (Å²) in [6.45, 7) is 1.73. The van der Waals surface area contributed by atoms with Crippen LogP contribution in [0.25, 0.3) is 10.8 Å². The maximum atomic E-state index is 12.4. The van der Waals surface area contributed by atoms with Crippen molar-refractivity contribution in [2.75, 3.05) is 19.8 Å². The van der Waals surface area contributed by atoms with Crippen molar-refractivity contribution in [1.82, 2.24) is 5.32 Å². The van der Waals surface area contributed by atoms with E-state index in [4.69, 9.17) is 10.5 Å². The molecule has 124 valence electrons. The molecule has 2 aromatic rings. The van der Waals surface area contributed by atoms with Gasteiger partial charge < -0.3 is 15.8 Å². The zero-order valence-electron chi connectivity index (χ0n) is 13.0. The molecule has 0 aliphatic carbocycles. The summed E-state index contributed by atoms with van der Waals surface area (Å²) in [6.07, 6.45) is 1.59. The van der Waals surface area contributed by atoms with Crippen LogP contribution < -0.4 is 11.1 Å². The summed E-state index contributed by atoms with van der Waals surface area (Å²) < 4.78 is 5.31. The lowest BCUT2D eigenvalue weighted by atomic mass is 9.97. The van der Waals surface area contributed by atoms with E-state index in [1.165, 1.54) is 10.8 Å². The summed E-state index contributed by atoms with van der Waals surface area (Å²) in [7, 11) is 0. The molecule has 0 spiro atoms. The molecule has 0 aromatic heterocycles. The SMILES string of the molecule is Cl.NCC(NC(=O)C1CCOCC1)c1ccc2ccccc2c1. The average Bonchev–Trinajstić information content (AvgIpc) is 2.59. The molecule has 1 aliphatic rings. The summed E-state index contributed by atoms with van der Waals surface area (Å²) in [4.78, 5) is 12.4. The van der Waals surface area contributed by atoms with E-state index in [9.17, 15) is 4.79 Å². The fourth-order valence-corrected chi connectivity index (χ4v) is 2.95. The first-order valence-corrected chi connectivity index (χ1v) is 7.85. The van der Waals surface area contributed by atoms with Gasteiger partial charge in [-0.15, -0.1) is 12.4 Å². The van der Waals surface area contributed by atoms with Gasteiger partial charge in [-0.3, -0.25) is 4.79 Å². The van der Waals surface area contributed by atoms with Crippen molar-refractivity contribution in [1.29, 1.82) is 0 Å². The van der Waals surface area contributed by atoms with Gasteiger partial charge >= 0.3 is 0 Å². The minimum absolute atomic E-state index is 0. The molecule has 1 amide bonds. The maximum absolute atomic E-state index is 12.4. The predicted molar refractivity (Wildman–Crippen MR) is 94.7 cm³/mol. The molecule has 4 nitrogen and oxygen atoms in total. The molecule has 0 bridgehead atoms. The predicted octanol–water partition coefficient (Wildman–Crippen LogP) is 2.80. The number of nitrogens with one attached hydrogen (secondary N) is 1. The number of carbonyl (C=O) groups is 1. The molecule has 0 saturated carbocycles. The number of hydrogen-bond acceptors (Lipinski definition) is 3. The Bertz CT molecular complexity index is 656. The Kier molecular flexibility index (Phi) is 6.39. The lowest BCUT2D eigenvalue weighted by Crippen LogP contribution is -2.39. The molecular weight excluding hydrogens is 312 g/mol. The lowest BCUT2D eigenvalue weighted by Gasteiger charge is -2.25. The molecule has 1 fully saturated rings. The first-order valence-electron chi connectivity index (χ1n) is 7.85. The first-order chi connectivity index (χ1) is 10.8. The third-order valence-corrected chi connectivity index (χ3v) is 4.32. The number of halogens is 1. The van der Waals surface area contributed by atoms with Crippen molar-refractivity contribution >= 4 is 29.1 Å². The molecule has 3 N–H and O–H groups in total. The molecule has 1 aliphatic heterocycles. The average molecular weight is 335 g/mol. The highest BCUT2D eigenvalue weighted by Gasteiger charge is 2.24. The van der Waals surface area contributed by atoms with E-state index in [2.05, 4.69) is 29.6 Å². The summed E-state index contributed by atoms with van der Waals surface area (Å²) in [5.74, 6) is 0.134. The quantitative estimate of drug-likeness (QED) is 0.903. The van der Waals surface area contributed by atoms with E-state index in [-0.39, 0.29) is 30.3 Å². The first kappa shape index (κ1) is 17.7. The zero-order valence-corrected chi connectivity index (χ0v) is 13.9. The standard InChI is InChI=1S/C18H22N2O2.ClH/c19-12-17(20-18(21)14-7-9-22-10-8-14)16-6-5-13-3-1-2-4-15(13)11-16;/h1-6,11,14,17H,7-10,12,19H2,(H,20,21);1H. The highest BCUT2D eigenvalue weighted by molar-refractivity contribution is 5.85. The molecule has 3 rings (SSSR count). The van der Waals surface area contributed by atoms with Gasteiger partial charge in [0, 0.05) is 25.7 Å². The van der Waals surface area contributed by atoms with Crippen LogP contribution in [0.15, 0.2) is 42.5 Å². The third kappa shape index (κ3) is 4.22. The number of amides is 1. The maximum Gasteiger partial charge on any atom is 0.223 e. The molecule has 1 saturated heterocycles. The molecule has 1 unspecified atom stereocenters. The highest BCUT2D eigenvalue weighted by atomic mass is 35.5. The Morgan fingerprint density at radius 2 is 1.87 bits per heavy atom. The van der Waals surface area contributed by atoms with Crippen LogP contribution >= 0.6 is 12.4 Å². The smallest absolute Gasteiger partial charge is 0.223 e. The van der Waals surface area contributed by atoms with Gasteiger partial charge in [-0.1, -0.05) is 36.4 Å². The summed E-state index contributed by atoms with van der Waals surface area (Å²) >= 11 is 0. The van der Waals surface area contributed by atoms with Gasteiger partial charge in [0.1, 0.15) is 0 Å². The minimum Gasteiger partial charge on any atom is -0.381 e. The number of rotatable bonds is 4. The Balaban J connectivity index is 0.00000192. The van der Waals surface area contributed by atoms with Crippen LogP contribution in [0.4, 0.5) is 0 Å². The Morgan fingerprint density at radius 1 is 1.17 bits per heavy atom. The van der Waals surface area contributed by atoms with Crippen LogP contribution in [0, 0.1) is 5.92 Å². The molecule has 1 atom stereocenters. The van der Waals surface area contributed by atoms with Crippen LogP contribution in [0.5, 0.6) is 0 Å². The van der Waals surface area contributed by atoms with Gasteiger partial charge in [0.15, 0.2) is 0 Å². The van der Waals surface area contributed by atoms with Gasteiger partial charge in [0.05, 0.1) is 6.04 Å². The van der Waals surface area contributed by atoms with E-state index in [0.717, 1.165) is 18.4 Å². The molecule has 23 heavy (non-hydrogen) atoms. The summed E-state index contributed by atoms with van der Waals surface area (Å²) in [5, 5.41) is 5.46. The Morgan fingerprint density at radius 3 is 2.57 bits per heavy atom. The number of hydrogen-bond donors (Lipinski definition) is 2. The second kappa shape index (κ2) is 8.29. The number of nitrogens with two attached hydrogens (primary N) is 1. The van der Waals surface area contributed by atoms with Crippen LogP contribution in [-0.4, -0.2) is 25.7 Å². The van der Waals surface area contributed by atoms with Gasteiger partial charge in [-0.2, -0.15) is 0 Å². The van der Waals surface area contributed by atoms with Crippen molar-refractivity contribution in [2.45, 2.75) is 18.9 Å². The Hall–Kier alpha value is -1.62. The van der Waals surface area contributed by atoms with Crippen molar-refractivity contribution in [3.05, 3.63) is 48.0 Å². The molecule has 0 radical (unpaired) electrons. The lowest BCUT2D eigenvalue weighted by molar-refractivity contribution is -0.128. The number of fused-ring (bicyclic) bond motifs is 1. The van der Waals surface area contributed by atoms with Crippen molar-refractivity contribution in [2.24, 2.45) is 11.7 Å². The fourth-order valence-electron chi connectivity index (χ4n) is 2.95. The Labute approximate surface area is 142 Å². The fraction of sp³-hybridized carbons (Fsp3) is 0.389. The zero-order chi connectivity index (χ0) is 15.4. The van der Waals surface area contributed by atoms with Crippen molar-refractivity contribution in [3.63, 3.8) is 0 Å². The normalized spacial score (nSPS) is 16.6. The third-order valence-electron chi connectivity index (χ3n) is 4.32. The topological polar surface area (TPSA) is 64.3 Å². The molecule has 5 heteroatoms. The molecule has 2 aromatic carbocycles. The largest absolute Gasteiger partial charge is 0.381 e. The van der Waals surface area contributed by atoms with Crippen LogP contribution in [-0.2, 0) is 9.53 Å². The van der Waals surface area contributed by atoms with E-state index in [1.807, 2.05) is 18.2 Å². The van der Waals surface area contributed by atoms with Crippen molar-refractivity contribution in [3.8, 4) is 0 Å². The van der Waals surface area contributed by atoms with E-state index in [0.29, 0.717) is 19.8 Å². The van der Waals surface area contributed by atoms with Gasteiger partial charge in [-0.25, -0.2) is 0 Å². The highest BCUT2D eigenvalue weighted by Crippen LogP contribution is 2.21. The summed E-state index contributed by atoms with van der Waals surface area (Å²) in [6, 6.07) is 14.3.